The molecule has 0 aromatic heterocycles. The molecule has 0 heterocycles. The number of hydrogen-bond donors (Lipinski definition) is 2. The third kappa shape index (κ3) is 9.30. The first-order valence-corrected chi connectivity index (χ1v) is 14.1. The van der Waals surface area contributed by atoms with Crippen molar-refractivity contribution in [1.82, 2.24) is 10.6 Å². The molecule has 2 amide bonds. The molecule has 1 rings (SSSR count). The van der Waals surface area contributed by atoms with Crippen molar-refractivity contribution in [2.24, 2.45) is 5.92 Å². The molecule has 1 aromatic rings. The van der Waals surface area contributed by atoms with E-state index in [1.165, 1.54) is 7.11 Å². The zero-order chi connectivity index (χ0) is 25.2. The number of hydrogen-bond acceptors (Lipinski definition) is 5. The van der Waals surface area contributed by atoms with Gasteiger partial charge in [-0.3, -0.25) is 4.79 Å². The maximum Gasteiger partial charge on any atom is 0.408 e. The van der Waals surface area contributed by atoms with Crippen molar-refractivity contribution < 1.29 is 23.9 Å². The first-order valence-electron chi connectivity index (χ1n) is 11.1. The summed E-state index contributed by atoms with van der Waals surface area (Å²) in [6, 6.07) is 7.44. The fraction of sp³-hybridized carbons (Fsp3) is 0.560. The van der Waals surface area contributed by atoms with Crippen molar-refractivity contribution in [3.8, 4) is 11.5 Å². The van der Waals surface area contributed by atoms with Crippen LogP contribution in [0.25, 0.3) is 0 Å². The number of esters is 1. The maximum absolute atomic E-state index is 12.9. The number of carbonyl (C=O) groups excluding carboxylic acids is 3. The summed E-state index contributed by atoms with van der Waals surface area (Å²) in [6.45, 7) is 14.5. The van der Waals surface area contributed by atoms with Gasteiger partial charge in [-0.25, -0.2) is 9.59 Å². The summed E-state index contributed by atoms with van der Waals surface area (Å²) in [6.07, 6.45) is -0.575. The van der Waals surface area contributed by atoms with Gasteiger partial charge in [0, 0.05) is 6.42 Å². The minimum Gasteiger partial charge on any atom is -0.467 e. The zero-order valence-electron chi connectivity index (χ0n) is 21.1. The number of nitrogens with one attached hydrogen (secondary N) is 2. The number of rotatable bonds is 8. The van der Waals surface area contributed by atoms with Crippen molar-refractivity contribution in [1.29, 1.82) is 0 Å². The number of alkyl carbamates (subject to hydrolysis) is 1. The Morgan fingerprint density at radius 2 is 1.67 bits per heavy atom. The van der Waals surface area contributed by atoms with Crippen LogP contribution in [0.2, 0.25) is 18.1 Å². The van der Waals surface area contributed by atoms with Gasteiger partial charge in [-0.05, 0) is 16.5 Å². The molecule has 2 N–H and O–H groups in total. The summed E-state index contributed by atoms with van der Waals surface area (Å²) >= 11 is 0. The standard InChI is InChI=1S/C25H38N2O5Si/c1-18(2)21(27-24(30)32-17-19-13-10-9-11-14-19)22(28)26-20(23(29)31-6)15-12-16-33(7,8)25(3,4)5/h9-11,13-14,18,20-21H,15,17H2,1-8H3,(H,26,28)(H,27,30)/t20-,21-/m1/s1. The predicted octanol–water partition coefficient (Wildman–Crippen LogP) is 4.04. The van der Waals surface area contributed by atoms with Crippen LogP contribution in [-0.2, 0) is 25.7 Å². The molecule has 7 nitrogen and oxygen atoms in total. The van der Waals surface area contributed by atoms with Gasteiger partial charge in [-0.2, -0.15) is 0 Å². The highest BCUT2D eigenvalue weighted by atomic mass is 28.3. The molecule has 1 aromatic carbocycles. The minimum absolute atomic E-state index is 0.0801. The Kier molecular flexibility index (Phi) is 10.7. The lowest BCUT2D eigenvalue weighted by atomic mass is 10.0. The van der Waals surface area contributed by atoms with Crippen molar-refractivity contribution in [2.45, 2.75) is 77.9 Å². The van der Waals surface area contributed by atoms with Crippen LogP contribution in [0.15, 0.2) is 30.3 Å². The molecule has 0 aliphatic heterocycles. The van der Waals surface area contributed by atoms with Gasteiger partial charge >= 0.3 is 12.1 Å². The molecule has 0 radical (unpaired) electrons. The van der Waals surface area contributed by atoms with Crippen LogP contribution in [-0.4, -0.2) is 45.2 Å². The molecule has 0 unspecified atom stereocenters. The van der Waals surface area contributed by atoms with E-state index < -0.39 is 38.1 Å². The maximum atomic E-state index is 12.9. The molecule has 0 saturated heterocycles. The molecule has 0 fully saturated rings. The Bertz CT molecular complexity index is 866. The van der Waals surface area contributed by atoms with E-state index in [-0.39, 0.29) is 24.0 Å². The van der Waals surface area contributed by atoms with E-state index in [1.807, 2.05) is 30.3 Å². The van der Waals surface area contributed by atoms with Crippen molar-refractivity contribution in [3.05, 3.63) is 35.9 Å². The molecule has 2 atom stereocenters. The third-order valence-electron chi connectivity index (χ3n) is 5.82. The minimum atomic E-state index is -1.85. The fourth-order valence-electron chi connectivity index (χ4n) is 2.59. The Hall–Kier alpha value is -2.79. The number of carbonyl (C=O) groups is 3. The summed E-state index contributed by atoms with van der Waals surface area (Å²) in [7, 11) is -0.589. The topological polar surface area (TPSA) is 93.7 Å². The molecule has 33 heavy (non-hydrogen) atoms. The second-order valence-electron chi connectivity index (χ2n) is 9.89. The normalized spacial score (nSPS) is 13.2. The van der Waals surface area contributed by atoms with Crippen LogP contribution in [0.1, 0.15) is 46.6 Å². The SMILES string of the molecule is COC(=O)[C@@H](CC#C[Si](C)(C)C(C)(C)C)NC(=O)[C@H](NC(=O)OCc1ccccc1)C(C)C. The zero-order valence-corrected chi connectivity index (χ0v) is 22.1. The molecular weight excluding hydrogens is 436 g/mol. The Morgan fingerprint density at radius 1 is 1.06 bits per heavy atom. The lowest BCUT2D eigenvalue weighted by molar-refractivity contribution is -0.145. The Balaban J connectivity index is 2.83. The molecule has 0 aliphatic carbocycles. The van der Waals surface area contributed by atoms with E-state index in [0.717, 1.165) is 5.56 Å². The lowest BCUT2D eigenvalue weighted by Crippen LogP contribution is -2.53. The summed E-state index contributed by atoms with van der Waals surface area (Å²) < 4.78 is 10.1. The summed E-state index contributed by atoms with van der Waals surface area (Å²) in [4.78, 5) is 37.4. The Labute approximate surface area is 199 Å². The van der Waals surface area contributed by atoms with E-state index in [9.17, 15) is 14.4 Å². The smallest absolute Gasteiger partial charge is 0.408 e. The third-order valence-corrected chi connectivity index (χ3v) is 10.4. The second-order valence-corrected chi connectivity index (χ2v) is 14.9. The van der Waals surface area contributed by atoms with Crippen LogP contribution >= 0.6 is 0 Å². The van der Waals surface area contributed by atoms with E-state index in [4.69, 9.17) is 9.47 Å². The van der Waals surface area contributed by atoms with Crippen molar-refractivity contribution >= 4 is 26.0 Å². The average molecular weight is 475 g/mol. The summed E-state index contributed by atoms with van der Waals surface area (Å²) in [5.41, 5.74) is 4.18. The average Bonchev–Trinajstić information content (AvgIpc) is 2.74. The molecule has 0 bridgehead atoms. The first-order chi connectivity index (χ1) is 15.3. The lowest BCUT2D eigenvalue weighted by Gasteiger charge is -2.31. The van der Waals surface area contributed by atoms with Gasteiger partial charge in [0.05, 0.1) is 7.11 Å². The highest BCUT2D eigenvalue weighted by Crippen LogP contribution is 2.35. The second kappa shape index (κ2) is 12.4. The quantitative estimate of drug-likeness (QED) is 0.337. The van der Waals surface area contributed by atoms with E-state index >= 15 is 0 Å². The number of amides is 2. The molecule has 8 heteroatoms. The van der Waals surface area contributed by atoms with Crippen LogP contribution in [0.3, 0.4) is 0 Å². The molecule has 0 spiro atoms. The number of methoxy groups -OCH3 is 1. The highest BCUT2D eigenvalue weighted by molar-refractivity contribution is 6.87. The van der Waals surface area contributed by atoms with Crippen LogP contribution < -0.4 is 10.6 Å². The highest BCUT2D eigenvalue weighted by Gasteiger charge is 2.34. The Morgan fingerprint density at radius 3 is 2.18 bits per heavy atom. The largest absolute Gasteiger partial charge is 0.467 e. The molecule has 0 saturated carbocycles. The predicted molar refractivity (Wildman–Crippen MR) is 132 cm³/mol. The van der Waals surface area contributed by atoms with Gasteiger partial charge in [0.15, 0.2) is 0 Å². The molecular formula is C25H38N2O5Si. The fourth-order valence-corrected chi connectivity index (χ4v) is 3.50. The van der Waals surface area contributed by atoms with Crippen LogP contribution in [0.4, 0.5) is 4.79 Å². The van der Waals surface area contributed by atoms with Gasteiger partial charge in [-0.1, -0.05) is 78.0 Å². The van der Waals surface area contributed by atoms with Crippen LogP contribution in [0, 0.1) is 17.4 Å². The van der Waals surface area contributed by atoms with Gasteiger partial charge in [-0.15, -0.1) is 11.5 Å². The monoisotopic (exact) mass is 474 g/mol. The van der Waals surface area contributed by atoms with Gasteiger partial charge < -0.3 is 20.1 Å². The molecule has 0 aliphatic rings. The van der Waals surface area contributed by atoms with Gasteiger partial charge in [0.1, 0.15) is 26.8 Å². The van der Waals surface area contributed by atoms with E-state index in [1.54, 1.807) is 13.8 Å². The van der Waals surface area contributed by atoms with E-state index in [0.29, 0.717) is 0 Å². The molecule has 182 valence electrons. The summed E-state index contributed by atoms with van der Waals surface area (Å²) in [5, 5.41) is 5.36. The van der Waals surface area contributed by atoms with Crippen molar-refractivity contribution in [2.75, 3.05) is 7.11 Å². The van der Waals surface area contributed by atoms with Gasteiger partial charge in [0.25, 0.3) is 0 Å². The number of ether oxygens (including phenoxy) is 2. The van der Waals surface area contributed by atoms with E-state index in [2.05, 4.69) is 56.0 Å². The van der Waals surface area contributed by atoms with Gasteiger partial charge in [0.2, 0.25) is 5.91 Å². The number of benzene rings is 1. The van der Waals surface area contributed by atoms with Crippen LogP contribution in [0.5, 0.6) is 0 Å². The van der Waals surface area contributed by atoms with Crippen molar-refractivity contribution in [3.63, 3.8) is 0 Å². The first kappa shape index (κ1) is 28.2. The summed E-state index contributed by atoms with van der Waals surface area (Å²) in [5.74, 6) is 1.78.